The van der Waals surface area contributed by atoms with Crippen molar-refractivity contribution >= 4 is 6.09 Å². The maximum absolute atomic E-state index is 12.3. The number of amides is 1. The van der Waals surface area contributed by atoms with E-state index in [1.807, 2.05) is 25.7 Å². The number of rotatable bonds is 6. The molecule has 2 atom stereocenters. The molecule has 128 valence electrons. The minimum atomic E-state index is -0.406. The fourth-order valence-electron chi connectivity index (χ4n) is 3.45. The van der Waals surface area contributed by atoms with E-state index in [2.05, 4.69) is 12.2 Å². The number of nitrogens with zero attached hydrogens (tertiary/aromatic N) is 1. The molecule has 0 aromatic carbocycles. The molecule has 2 unspecified atom stereocenters. The molecular weight excluding hydrogens is 276 g/mol. The highest BCUT2D eigenvalue weighted by molar-refractivity contribution is 5.68. The zero-order valence-corrected chi connectivity index (χ0v) is 14.9. The van der Waals surface area contributed by atoms with E-state index in [9.17, 15) is 4.79 Å². The van der Waals surface area contributed by atoms with E-state index < -0.39 is 5.60 Å². The normalized spacial score (nSPS) is 24.2. The monoisotopic (exact) mass is 310 g/mol. The Balaban J connectivity index is 1.71. The van der Waals surface area contributed by atoms with E-state index in [1.165, 1.54) is 25.7 Å². The molecule has 0 spiro atoms. The van der Waals surface area contributed by atoms with Gasteiger partial charge in [0.15, 0.2) is 0 Å². The maximum atomic E-state index is 12.3. The maximum Gasteiger partial charge on any atom is 0.410 e. The molecule has 4 nitrogen and oxygen atoms in total. The fraction of sp³-hybridized carbons (Fsp3) is 0.944. The molecule has 2 rings (SSSR count). The van der Waals surface area contributed by atoms with Crippen LogP contribution >= 0.6 is 0 Å². The van der Waals surface area contributed by atoms with Crippen LogP contribution in [0.1, 0.15) is 72.6 Å². The molecule has 2 fully saturated rings. The lowest BCUT2D eigenvalue weighted by Crippen LogP contribution is -2.42. The van der Waals surface area contributed by atoms with E-state index in [-0.39, 0.29) is 6.09 Å². The van der Waals surface area contributed by atoms with Gasteiger partial charge in [0.2, 0.25) is 0 Å². The SMILES string of the molecule is CC(CC1CCCN1C(=O)OC(C)(C)C)NCCC1CCC1. The lowest BCUT2D eigenvalue weighted by atomic mass is 9.83. The van der Waals surface area contributed by atoms with Gasteiger partial charge in [0.05, 0.1) is 0 Å². The van der Waals surface area contributed by atoms with Crippen molar-refractivity contribution in [3.63, 3.8) is 0 Å². The number of ether oxygens (including phenoxy) is 1. The van der Waals surface area contributed by atoms with Gasteiger partial charge < -0.3 is 15.0 Å². The van der Waals surface area contributed by atoms with Crippen molar-refractivity contribution in [1.29, 1.82) is 0 Å². The molecule has 1 N–H and O–H groups in total. The zero-order chi connectivity index (χ0) is 16.2. The Morgan fingerprint density at radius 3 is 2.59 bits per heavy atom. The predicted molar refractivity (Wildman–Crippen MR) is 90.0 cm³/mol. The smallest absolute Gasteiger partial charge is 0.410 e. The molecule has 1 aliphatic heterocycles. The average Bonchev–Trinajstić information content (AvgIpc) is 2.78. The summed E-state index contributed by atoms with van der Waals surface area (Å²) in [5, 5.41) is 3.64. The van der Waals surface area contributed by atoms with Gasteiger partial charge in [0, 0.05) is 18.6 Å². The van der Waals surface area contributed by atoms with Crippen LogP contribution in [0.3, 0.4) is 0 Å². The lowest BCUT2D eigenvalue weighted by molar-refractivity contribution is 0.0214. The molecule has 22 heavy (non-hydrogen) atoms. The molecule has 1 saturated heterocycles. The summed E-state index contributed by atoms with van der Waals surface area (Å²) < 4.78 is 5.53. The number of hydrogen-bond acceptors (Lipinski definition) is 3. The Kier molecular flexibility index (Phi) is 6.13. The van der Waals surface area contributed by atoms with Crippen LogP contribution in [0.4, 0.5) is 4.79 Å². The van der Waals surface area contributed by atoms with Crippen LogP contribution < -0.4 is 5.32 Å². The number of hydrogen-bond donors (Lipinski definition) is 1. The van der Waals surface area contributed by atoms with Crippen molar-refractivity contribution in [3.8, 4) is 0 Å². The molecule has 2 aliphatic rings. The third-order valence-corrected chi connectivity index (χ3v) is 4.90. The molecule has 0 aromatic rings. The Morgan fingerprint density at radius 1 is 1.27 bits per heavy atom. The summed E-state index contributed by atoms with van der Waals surface area (Å²) >= 11 is 0. The third kappa shape index (κ3) is 5.45. The summed E-state index contributed by atoms with van der Waals surface area (Å²) in [4.78, 5) is 14.2. The van der Waals surface area contributed by atoms with Crippen molar-refractivity contribution in [2.24, 2.45) is 5.92 Å². The van der Waals surface area contributed by atoms with Gasteiger partial charge in [-0.05, 0) is 65.8 Å². The van der Waals surface area contributed by atoms with Crippen LogP contribution in [0, 0.1) is 5.92 Å². The van der Waals surface area contributed by atoms with Crippen LogP contribution in [0.25, 0.3) is 0 Å². The average molecular weight is 310 g/mol. The van der Waals surface area contributed by atoms with Crippen molar-refractivity contribution in [2.45, 2.75) is 90.3 Å². The first-order valence-corrected chi connectivity index (χ1v) is 9.08. The largest absolute Gasteiger partial charge is 0.444 e. The van der Waals surface area contributed by atoms with Crippen molar-refractivity contribution < 1.29 is 9.53 Å². The minimum Gasteiger partial charge on any atom is -0.444 e. The topological polar surface area (TPSA) is 41.6 Å². The van der Waals surface area contributed by atoms with Crippen LogP contribution in [0.2, 0.25) is 0 Å². The molecule has 1 aliphatic carbocycles. The molecule has 4 heteroatoms. The standard InChI is InChI=1S/C18H34N2O2/c1-14(19-11-10-15-7-5-8-15)13-16-9-6-12-20(16)17(21)22-18(2,3)4/h14-16,19H,5-13H2,1-4H3. The Hall–Kier alpha value is -0.770. The van der Waals surface area contributed by atoms with Gasteiger partial charge in [-0.3, -0.25) is 0 Å². The minimum absolute atomic E-state index is 0.142. The number of nitrogens with one attached hydrogen (secondary N) is 1. The van der Waals surface area contributed by atoms with Gasteiger partial charge in [-0.1, -0.05) is 19.3 Å². The highest BCUT2D eigenvalue weighted by Gasteiger charge is 2.32. The fourth-order valence-corrected chi connectivity index (χ4v) is 3.45. The first-order valence-electron chi connectivity index (χ1n) is 9.08. The van der Waals surface area contributed by atoms with Crippen LogP contribution in [-0.4, -0.2) is 41.8 Å². The number of likely N-dealkylation sites (tertiary alicyclic amines) is 1. The first-order chi connectivity index (χ1) is 10.3. The summed E-state index contributed by atoms with van der Waals surface area (Å²) in [7, 11) is 0. The van der Waals surface area contributed by atoms with Crippen LogP contribution in [-0.2, 0) is 4.74 Å². The summed E-state index contributed by atoms with van der Waals surface area (Å²) in [6.07, 6.45) is 8.67. The highest BCUT2D eigenvalue weighted by Crippen LogP contribution is 2.29. The second-order valence-corrected chi connectivity index (χ2v) is 8.15. The Morgan fingerprint density at radius 2 is 2.00 bits per heavy atom. The van der Waals surface area contributed by atoms with Gasteiger partial charge in [-0.2, -0.15) is 0 Å². The number of carbonyl (C=O) groups excluding carboxylic acids is 1. The first kappa shape index (κ1) is 17.6. The molecule has 1 heterocycles. The summed E-state index contributed by atoms with van der Waals surface area (Å²) in [5.41, 5.74) is -0.406. The van der Waals surface area contributed by atoms with Crippen molar-refractivity contribution in [2.75, 3.05) is 13.1 Å². The van der Waals surface area contributed by atoms with Crippen molar-refractivity contribution in [1.82, 2.24) is 10.2 Å². The van der Waals surface area contributed by atoms with E-state index in [1.54, 1.807) is 0 Å². The van der Waals surface area contributed by atoms with Gasteiger partial charge in [0.1, 0.15) is 5.60 Å². The number of carbonyl (C=O) groups is 1. The molecule has 0 aromatic heterocycles. The van der Waals surface area contributed by atoms with E-state index in [4.69, 9.17) is 4.74 Å². The third-order valence-electron chi connectivity index (χ3n) is 4.90. The zero-order valence-electron chi connectivity index (χ0n) is 14.9. The van der Waals surface area contributed by atoms with E-state index >= 15 is 0 Å². The van der Waals surface area contributed by atoms with E-state index in [0.29, 0.717) is 12.1 Å². The summed E-state index contributed by atoms with van der Waals surface area (Å²) in [6.45, 7) is 9.99. The van der Waals surface area contributed by atoms with Crippen LogP contribution in [0.5, 0.6) is 0 Å². The van der Waals surface area contributed by atoms with Crippen molar-refractivity contribution in [3.05, 3.63) is 0 Å². The lowest BCUT2D eigenvalue weighted by Gasteiger charge is -2.30. The Bertz CT molecular complexity index is 361. The molecule has 1 amide bonds. The highest BCUT2D eigenvalue weighted by atomic mass is 16.6. The van der Waals surface area contributed by atoms with Gasteiger partial charge in [0.25, 0.3) is 0 Å². The van der Waals surface area contributed by atoms with E-state index in [0.717, 1.165) is 38.3 Å². The molecular formula is C18H34N2O2. The second-order valence-electron chi connectivity index (χ2n) is 8.15. The summed E-state index contributed by atoms with van der Waals surface area (Å²) in [6, 6.07) is 0.800. The predicted octanol–water partition coefficient (Wildman–Crippen LogP) is 3.94. The summed E-state index contributed by atoms with van der Waals surface area (Å²) in [5.74, 6) is 0.962. The molecule has 0 radical (unpaired) electrons. The second kappa shape index (κ2) is 7.67. The molecule has 0 bridgehead atoms. The van der Waals surface area contributed by atoms with Gasteiger partial charge in [-0.15, -0.1) is 0 Å². The van der Waals surface area contributed by atoms with Gasteiger partial charge in [-0.25, -0.2) is 4.79 Å². The van der Waals surface area contributed by atoms with Crippen LogP contribution in [0.15, 0.2) is 0 Å². The quantitative estimate of drug-likeness (QED) is 0.808. The van der Waals surface area contributed by atoms with Gasteiger partial charge >= 0.3 is 6.09 Å². The molecule has 1 saturated carbocycles. The Labute approximate surface area is 136 Å².